The molecule has 2 fully saturated rings. The zero-order valence-corrected chi connectivity index (χ0v) is 23.0. The van der Waals surface area contributed by atoms with E-state index in [0.717, 1.165) is 36.1 Å². The predicted octanol–water partition coefficient (Wildman–Crippen LogP) is 5.63. The van der Waals surface area contributed by atoms with Crippen molar-refractivity contribution in [2.45, 2.75) is 25.6 Å². The number of pyridine rings is 1. The molecule has 2 aliphatic rings. The minimum absolute atomic E-state index is 0.141. The predicted molar refractivity (Wildman–Crippen MR) is 152 cm³/mol. The molecule has 42 heavy (non-hydrogen) atoms. The van der Waals surface area contributed by atoms with Crippen molar-refractivity contribution in [3.63, 3.8) is 0 Å². The number of carbonyl (C=O) groups is 2. The van der Waals surface area contributed by atoms with E-state index in [0.29, 0.717) is 48.3 Å². The number of thioether (sulfide) groups is 1. The van der Waals surface area contributed by atoms with Gasteiger partial charge in [0.05, 0.1) is 10.6 Å². The van der Waals surface area contributed by atoms with Gasteiger partial charge in [-0.05, 0) is 79.0 Å². The minimum atomic E-state index is -4.58. The van der Waals surface area contributed by atoms with Gasteiger partial charge in [-0.2, -0.15) is 13.2 Å². The molecule has 1 aromatic carbocycles. The molecule has 0 unspecified atom stereocenters. The lowest BCUT2D eigenvalue weighted by Gasteiger charge is -2.32. The number of carbonyl (C=O) groups excluding carboxylic acids is 2. The van der Waals surface area contributed by atoms with E-state index in [4.69, 9.17) is 4.42 Å². The molecule has 5 heterocycles. The van der Waals surface area contributed by atoms with E-state index < -0.39 is 23.0 Å². The van der Waals surface area contributed by atoms with E-state index in [-0.39, 0.29) is 22.9 Å². The maximum absolute atomic E-state index is 13.7. The van der Waals surface area contributed by atoms with Gasteiger partial charge < -0.3 is 14.6 Å². The smallest absolute Gasteiger partial charge is 0.433 e. The maximum Gasteiger partial charge on any atom is 0.433 e. The van der Waals surface area contributed by atoms with Crippen LogP contribution in [0.4, 0.5) is 23.9 Å². The number of aromatic nitrogens is 3. The molecule has 0 spiro atoms. The average Bonchev–Trinajstić information content (AvgIpc) is 3.55. The molecule has 0 atom stereocenters. The van der Waals surface area contributed by atoms with Crippen molar-refractivity contribution in [2.24, 2.45) is 5.92 Å². The molecule has 2 N–H and O–H groups in total. The summed E-state index contributed by atoms with van der Waals surface area (Å²) in [4.78, 5) is 38.3. The molecule has 4 aromatic rings. The van der Waals surface area contributed by atoms with Gasteiger partial charge in [-0.3, -0.25) is 14.9 Å². The largest absolute Gasteiger partial charge is 0.454 e. The number of hydrogen-bond acceptors (Lipinski definition) is 9. The number of fused-ring (bicyclic) bond motifs is 1. The molecular weight excluding hydrogens is 569 g/mol. The first-order valence-electron chi connectivity index (χ1n) is 13.3. The Morgan fingerprint density at radius 3 is 2.64 bits per heavy atom. The number of rotatable bonds is 7. The van der Waals surface area contributed by atoms with Gasteiger partial charge in [0.2, 0.25) is 5.95 Å². The van der Waals surface area contributed by atoms with Crippen LogP contribution in [-0.2, 0) is 17.5 Å². The standard InChI is InChI=1S/C29H25F3N6O3S/c30-29(31,32)25-12-18(11-21(36-25)23-13-19-3-1-2-4-22(19)41-23)16-33-15-17-6-9-38(10-7-17)27-34-8-5-20(35-27)14-24-26(39)37-28(40)42-24/h1-5,8,11-14,17,33H,6-7,9-10,15-16H2,(H,37,39,40)/b24-14+. The second kappa shape index (κ2) is 11.6. The highest BCUT2D eigenvalue weighted by Gasteiger charge is 2.33. The number of amides is 2. The normalized spacial score (nSPS) is 17.4. The van der Waals surface area contributed by atoms with E-state index in [2.05, 4.69) is 30.5 Å². The summed E-state index contributed by atoms with van der Waals surface area (Å²) in [5.74, 6) is 0.720. The fourth-order valence-electron chi connectivity index (χ4n) is 4.98. The number of benzene rings is 1. The molecule has 2 aliphatic heterocycles. The summed E-state index contributed by atoms with van der Waals surface area (Å²) >= 11 is 0.835. The van der Waals surface area contributed by atoms with Crippen molar-refractivity contribution >= 4 is 45.9 Å². The summed E-state index contributed by atoms with van der Waals surface area (Å²) in [6.45, 7) is 2.32. The van der Waals surface area contributed by atoms with Crippen LogP contribution in [0.25, 0.3) is 28.5 Å². The number of imide groups is 1. The van der Waals surface area contributed by atoms with E-state index in [9.17, 15) is 22.8 Å². The number of anilines is 1. The molecule has 13 heteroatoms. The van der Waals surface area contributed by atoms with Gasteiger partial charge in [0.25, 0.3) is 11.1 Å². The van der Waals surface area contributed by atoms with Crippen molar-refractivity contribution in [3.05, 3.63) is 76.6 Å². The van der Waals surface area contributed by atoms with Gasteiger partial charge in [0.1, 0.15) is 17.0 Å². The molecule has 0 bridgehead atoms. The lowest BCUT2D eigenvalue weighted by molar-refractivity contribution is -0.141. The Morgan fingerprint density at radius 2 is 1.90 bits per heavy atom. The fraction of sp³-hybridized carbons (Fsp3) is 0.276. The molecule has 0 saturated carbocycles. The number of hydrogen-bond donors (Lipinski definition) is 2. The Kier molecular flexibility index (Phi) is 7.69. The van der Waals surface area contributed by atoms with Crippen molar-refractivity contribution in [3.8, 4) is 11.5 Å². The van der Waals surface area contributed by atoms with Gasteiger partial charge in [0.15, 0.2) is 5.76 Å². The summed E-state index contributed by atoms with van der Waals surface area (Å²) in [5.41, 5.74) is 0.780. The highest BCUT2D eigenvalue weighted by Crippen LogP contribution is 2.33. The lowest BCUT2D eigenvalue weighted by atomic mass is 9.97. The Bertz CT molecular complexity index is 1650. The molecule has 2 amide bonds. The van der Waals surface area contributed by atoms with Gasteiger partial charge in [0, 0.05) is 31.2 Å². The third-order valence-corrected chi connectivity index (χ3v) is 7.91. The van der Waals surface area contributed by atoms with E-state index in [1.165, 1.54) is 0 Å². The van der Waals surface area contributed by atoms with E-state index in [1.54, 1.807) is 42.6 Å². The summed E-state index contributed by atoms with van der Waals surface area (Å²) in [6.07, 6.45) is 0.297. The number of para-hydroxylation sites is 1. The van der Waals surface area contributed by atoms with Crippen LogP contribution in [0.2, 0.25) is 0 Å². The lowest BCUT2D eigenvalue weighted by Crippen LogP contribution is -2.38. The van der Waals surface area contributed by atoms with Crippen LogP contribution >= 0.6 is 11.8 Å². The van der Waals surface area contributed by atoms with Crippen molar-refractivity contribution in [1.29, 1.82) is 0 Å². The number of nitrogens with zero attached hydrogens (tertiary/aromatic N) is 4. The minimum Gasteiger partial charge on any atom is -0.454 e. The topological polar surface area (TPSA) is 113 Å². The summed E-state index contributed by atoms with van der Waals surface area (Å²) in [5, 5.41) is 5.92. The van der Waals surface area contributed by atoms with Gasteiger partial charge >= 0.3 is 6.18 Å². The number of furan rings is 1. The first-order chi connectivity index (χ1) is 20.2. The van der Waals surface area contributed by atoms with Crippen LogP contribution < -0.4 is 15.5 Å². The number of nitrogens with one attached hydrogen (secondary N) is 2. The maximum atomic E-state index is 13.7. The van der Waals surface area contributed by atoms with Gasteiger partial charge in [-0.25, -0.2) is 15.0 Å². The third-order valence-electron chi connectivity index (χ3n) is 7.10. The molecule has 2 saturated heterocycles. The van der Waals surface area contributed by atoms with Crippen LogP contribution in [0.1, 0.15) is 29.8 Å². The average molecular weight is 595 g/mol. The number of halogens is 3. The monoisotopic (exact) mass is 594 g/mol. The van der Waals surface area contributed by atoms with Gasteiger partial charge in [-0.1, -0.05) is 18.2 Å². The summed E-state index contributed by atoms with van der Waals surface area (Å²) in [6, 6.07) is 13.3. The van der Waals surface area contributed by atoms with Crippen LogP contribution in [0.5, 0.6) is 0 Å². The number of piperidine rings is 1. The Balaban J connectivity index is 1.07. The van der Waals surface area contributed by atoms with Crippen LogP contribution in [0.15, 0.2) is 64.1 Å². The highest BCUT2D eigenvalue weighted by atomic mass is 32.2. The molecule has 6 rings (SSSR count). The second-order valence-corrected chi connectivity index (χ2v) is 11.1. The van der Waals surface area contributed by atoms with Crippen LogP contribution in [0, 0.1) is 5.92 Å². The zero-order valence-electron chi connectivity index (χ0n) is 22.1. The van der Waals surface area contributed by atoms with Crippen molar-refractivity contribution in [1.82, 2.24) is 25.6 Å². The Hall–Kier alpha value is -4.23. The van der Waals surface area contributed by atoms with Gasteiger partial charge in [-0.15, -0.1) is 0 Å². The van der Waals surface area contributed by atoms with E-state index >= 15 is 0 Å². The van der Waals surface area contributed by atoms with E-state index in [1.807, 2.05) is 12.1 Å². The molecular formula is C29H25F3N6O3S. The Morgan fingerprint density at radius 1 is 1.10 bits per heavy atom. The Labute approximate surface area is 242 Å². The first kappa shape index (κ1) is 27.9. The van der Waals surface area contributed by atoms with Crippen LogP contribution in [0.3, 0.4) is 0 Å². The molecule has 3 aromatic heterocycles. The third kappa shape index (κ3) is 6.31. The van der Waals surface area contributed by atoms with Crippen LogP contribution in [-0.4, -0.2) is 45.7 Å². The van der Waals surface area contributed by atoms with Crippen molar-refractivity contribution in [2.75, 3.05) is 24.5 Å². The highest BCUT2D eigenvalue weighted by molar-refractivity contribution is 8.18. The quantitative estimate of drug-likeness (QED) is 0.263. The summed E-state index contributed by atoms with van der Waals surface area (Å²) in [7, 11) is 0. The molecule has 0 radical (unpaired) electrons. The fourth-order valence-corrected chi connectivity index (χ4v) is 5.64. The first-order valence-corrected chi connectivity index (χ1v) is 14.1. The molecule has 216 valence electrons. The molecule has 9 nitrogen and oxygen atoms in total. The van der Waals surface area contributed by atoms with Crippen molar-refractivity contribution < 1.29 is 27.2 Å². The summed E-state index contributed by atoms with van der Waals surface area (Å²) < 4.78 is 46.7. The second-order valence-electron chi connectivity index (χ2n) is 10.1. The number of alkyl halides is 3. The zero-order chi connectivity index (χ0) is 29.3. The SMILES string of the molecule is O=C1NC(=O)/C(=C\c2ccnc(N3CCC(CNCc4cc(-c5cc6ccccc6o5)nc(C(F)(F)F)c4)CC3)n2)S1. The molecule has 0 aliphatic carbocycles.